The summed E-state index contributed by atoms with van der Waals surface area (Å²) in [6.45, 7) is 3.55. The molecular formula is C26H32N2O5. The second kappa shape index (κ2) is 11.3. The Balaban J connectivity index is 1.24. The van der Waals surface area contributed by atoms with E-state index in [1.54, 1.807) is 7.11 Å². The van der Waals surface area contributed by atoms with Crippen molar-refractivity contribution in [3.05, 3.63) is 59.7 Å². The van der Waals surface area contributed by atoms with Gasteiger partial charge in [-0.15, -0.1) is 0 Å². The zero-order valence-corrected chi connectivity index (χ0v) is 19.1. The molecule has 2 aliphatic heterocycles. The van der Waals surface area contributed by atoms with Gasteiger partial charge in [0.1, 0.15) is 5.75 Å². The van der Waals surface area contributed by atoms with Crippen molar-refractivity contribution >= 4 is 17.5 Å². The highest BCUT2D eigenvalue weighted by Crippen LogP contribution is 2.35. The molecule has 2 aromatic carbocycles. The Labute approximate surface area is 195 Å². The highest BCUT2D eigenvalue weighted by Gasteiger charge is 2.29. The van der Waals surface area contributed by atoms with Crippen molar-refractivity contribution in [2.75, 3.05) is 38.3 Å². The van der Waals surface area contributed by atoms with Gasteiger partial charge in [-0.25, -0.2) is 0 Å². The summed E-state index contributed by atoms with van der Waals surface area (Å²) in [5.74, 6) is 0.0132. The fourth-order valence-electron chi connectivity index (χ4n) is 4.49. The second-order valence-electron chi connectivity index (χ2n) is 8.53. The maximum Gasteiger partial charge on any atom is 0.234 e. The van der Waals surface area contributed by atoms with Crippen molar-refractivity contribution in [1.29, 1.82) is 0 Å². The molecule has 2 amide bonds. The van der Waals surface area contributed by atoms with Crippen LogP contribution in [0, 0.1) is 0 Å². The van der Waals surface area contributed by atoms with Crippen LogP contribution in [0.4, 0.5) is 5.69 Å². The minimum Gasteiger partial charge on any atom is -0.495 e. The molecule has 0 aromatic heterocycles. The van der Waals surface area contributed by atoms with Crippen molar-refractivity contribution < 1.29 is 23.8 Å². The number of imide groups is 1. The molecular weight excluding hydrogens is 420 g/mol. The van der Waals surface area contributed by atoms with E-state index in [9.17, 15) is 9.59 Å². The third-order valence-electron chi connectivity index (χ3n) is 6.32. The lowest BCUT2D eigenvalue weighted by atomic mass is 9.90. The van der Waals surface area contributed by atoms with Crippen LogP contribution in [0.1, 0.15) is 42.7 Å². The van der Waals surface area contributed by atoms with E-state index in [2.05, 4.69) is 22.3 Å². The molecule has 1 unspecified atom stereocenters. The molecule has 0 radical (unpaired) electrons. The lowest BCUT2D eigenvalue weighted by Gasteiger charge is -2.34. The molecule has 2 aromatic rings. The predicted octanol–water partition coefficient (Wildman–Crippen LogP) is 3.42. The molecule has 2 aliphatic rings. The van der Waals surface area contributed by atoms with Gasteiger partial charge in [0.15, 0.2) is 0 Å². The van der Waals surface area contributed by atoms with Crippen LogP contribution in [-0.2, 0) is 25.7 Å². The maximum atomic E-state index is 12.2. The van der Waals surface area contributed by atoms with Gasteiger partial charge in [-0.2, -0.15) is 0 Å². The van der Waals surface area contributed by atoms with Crippen molar-refractivity contribution in [3.8, 4) is 5.75 Å². The molecule has 0 aliphatic carbocycles. The van der Waals surface area contributed by atoms with Crippen LogP contribution >= 0.6 is 0 Å². The van der Waals surface area contributed by atoms with Crippen molar-refractivity contribution in [2.24, 2.45) is 0 Å². The quantitative estimate of drug-likeness (QED) is 0.464. The Hall–Kier alpha value is -2.90. The minimum atomic E-state index is -0.311. The predicted molar refractivity (Wildman–Crippen MR) is 125 cm³/mol. The van der Waals surface area contributed by atoms with Crippen LogP contribution in [0.3, 0.4) is 0 Å². The monoisotopic (exact) mass is 452 g/mol. The van der Waals surface area contributed by atoms with Crippen LogP contribution < -0.4 is 15.0 Å². The zero-order valence-electron chi connectivity index (χ0n) is 19.1. The van der Waals surface area contributed by atoms with Crippen molar-refractivity contribution in [2.45, 2.75) is 44.3 Å². The van der Waals surface area contributed by atoms with Gasteiger partial charge in [0.25, 0.3) is 0 Å². The molecule has 4 rings (SSSR count). The van der Waals surface area contributed by atoms with E-state index in [0.717, 1.165) is 42.9 Å². The molecule has 1 N–H and O–H groups in total. The third kappa shape index (κ3) is 6.12. The number of piperidine rings is 2. The molecule has 7 heteroatoms. The van der Waals surface area contributed by atoms with E-state index >= 15 is 0 Å². The van der Waals surface area contributed by atoms with Gasteiger partial charge >= 0.3 is 0 Å². The molecule has 2 heterocycles. The summed E-state index contributed by atoms with van der Waals surface area (Å²) in [5, 5.41) is 2.43. The van der Waals surface area contributed by atoms with E-state index in [4.69, 9.17) is 14.2 Å². The first-order valence-corrected chi connectivity index (χ1v) is 11.6. The Morgan fingerprint density at radius 1 is 1.00 bits per heavy atom. The van der Waals surface area contributed by atoms with E-state index in [0.29, 0.717) is 32.7 Å². The number of carbonyl (C=O) groups excluding carboxylic acids is 2. The number of benzene rings is 2. The van der Waals surface area contributed by atoms with Gasteiger partial charge in [0.05, 0.1) is 44.6 Å². The Morgan fingerprint density at radius 3 is 2.52 bits per heavy atom. The van der Waals surface area contributed by atoms with Crippen molar-refractivity contribution in [1.82, 2.24) is 5.32 Å². The smallest absolute Gasteiger partial charge is 0.234 e. The summed E-state index contributed by atoms with van der Waals surface area (Å²) < 4.78 is 17.4. The lowest BCUT2D eigenvalue weighted by molar-refractivity contribution is -0.134. The number of carbonyl (C=O) groups is 2. The number of hydrogen-bond acceptors (Lipinski definition) is 6. The molecule has 7 nitrogen and oxygen atoms in total. The van der Waals surface area contributed by atoms with Gasteiger partial charge in [-0.3, -0.25) is 14.9 Å². The van der Waals surface area contributed by atoms with Gasteiger partial charge < -0.3 is 19.1 Å². The van der Waals surface area contributed by atoms with Gasteiger partial charge in [-0.05, 0) is 42.5 Å². The zero-order chi connectivity index (χ0) is 23.0. The first kappa shape index (κ1) is 23.3. The topological polar surface area (TPSA) is 77.1 Å². The molecule has 2 saturated heterocycles. The fraction of sp³-hybridized carbons (Fsp3) is 0.462. The maximum absolute atomic E-state index is 12.2. The van der Waals surface area contributed by atoms with E-state index < -0.39 is 0 Å². The van der Waals surface area contributed by atoms with Gasteiger partial charge in [0, 0.05) is 19.5 Å². The largest absolute Gasteiger partial charge is 0.495 e. The standard InChI is InChI=1S/C26H32N2O5/c1-31-24-17-20(22-8-10-25(29)27-26(22)30)7-9-23(24)28-13-11-21(12-14-28)33-16-15-32-18-19-5-3-2-4-6-19/h2-7,9,17,21-22H,8,10-16,18H2,1H3,(H,27,29,30). The normalized spacial score (nSPS) is 19.4. The van der Waals surface area contributed by atoms with Gasteiger partial charge in [-0.1, -0.05) is 36.4 Å². The van der Waals surface area contributed by atoms with Crippen LogP contribution in [0.25, 0.3) is 0 Å². The van der Waals surface area contributed by atoms with Crippen LogP contribution in [0.15, 0.2) is 48.5 Å². The van der Waals surface area contributed by atoms with E-state index in [1.807, 2.05) is 36.4 Å². The Morgan fingerprint density at radius 2 is 1.79 bits per heavy atom. The molecule has 0 spiro atoms. The number of amides is 2. The molecule has 1 atom stereocenters. The number of nitrogens with one attached hydrogen (secondary N) is 1. The molecule has 176 valence electrons. The number of anilines is 1. The average Bonchev–Trinajstić information content (AvgIpc) is 2.84. The summed E-state index contributed by atoms with van der Waals surface area (Å²) in [6.07, 6.45) is 3.01. The van der Waals surface area contributed by atoms with Crippen molar-refractivity contribution in [3.63, 3.8) is 0 Å². The molecule has 0 saturated carbocycles. The highest BCUT2D eigenvalue weighted by atomic mass is 16.5. The number of hydrogen-bond donors (Lipinski definition) is 1. The van der Waals surface area contributed by atoms with Crippen LogP contribution in [-0.4, -0.2) is 51.3 Å². The number of methoxy groups -OCH3 is 1. The number of ether oxygens (including phenoxy) is 3. The van der Waals surface area contributed by atoms with Crippen LogP contribution in [0.5, 0.6) is 5.75 Å². The summed E-state index contributed by atoms with van der Waals surface area (Å²) in [4.78, 5) is 26.0. The summed E-state index contributed by atoms with van der Waals surface area (Å²) in [5.41, 5.74) is 3.08. The Kier molecular flexibility index (Phi) is 7.96. The molecule has 33 heavy (non-hydrogen) atoms. The summed E-state index contributed by atoms with van der Waals surface area (Å²) in [7, 11) is 1.65. The van der Waals surface area contributed by atoms with E-state index in [1.165, 1.54) is 5.56 Å². The average molecular weight is 453 g/mol. The van der Waals surface area contributed by atoms with E-state index in [-0.39, 0.29) is 23.8 Å². The number of nitrogens with zero attached hydrogens (tertiary/aromatic N) is 1. The lowest BCUT2D eigenvalue weighted by Crippen LogP contribution is -2.39. The minimum absolute atomic E-state index is 0.201. The van der Waals surface area contributed by atoms with Crippen LogP contribution in [0.2, 0.25) is 0 Å². The highest BCUT2D eigenvalue weighted by molar-refractivity contribution is 6.01. The summed E-state index contributed by atoms with van der Waals surface area (Å²) in [6, 6.07) is 16.1. The second-order valence-corrected chi connectivity index (χ2v) is 8.53. The Bertz CT molecular complexity index is 941. The SMILES string of the molecule is COc1cc(C2CCC(=O)NC2=O)ccc1N1CCC(OCCOCc2ccccc2)CC1. The fourth-order valence-corrected chi connectivity index (χ4v) is 4.49. The number of rotatable bonds is 9. The molecule has 0 bridgehead atoms. The first-order chi connectivity index (χ1) is 16.1. The first-order valence-electron chi connectivity index (χ1n) is 11.6. The summed E-state index contributed by atoms with van der Waals surface area (Å²) >= 11 is 0. The third-order valence-corrected chi connectivity index (χ3v) is 6.32. The van der Waals surface area contributed by atoms with Gasteiger partial charge in [0.2, 0.25) is 11.8 Å². The molecule has 2 fully saturated rings.